The van der Waals surface area contributed by atoms with Crippen LogP contribution in [0.2, 0.25) is 5.02 Å². The molecule has 2 atom stereocenters. The molecule has 326 valence electrons. The number of alkyl halides is 5. The number of aliphatic imine (C=N–C) groups is 1. The van der Waals surface area contributed by atoms with Crippen molar-refractivity contribution in [2.24, 2.45) is 10.4 Å². The van der Waals surface area contributed by atoms with Gasteiger partial charge in [0.05, 0.1) is 27.1 Å². The third kappa shape index (κ3) is 9.11. The maximum Gasteiger partial charge on any atom is 0.414 e. The standard InChI is InChI=1S/C41H37ClF6N8O5S/c1-38(2,3)20-40(26-11-9-25(15-28(26)43)31-17-49-22-62-31)34(57)55(35(53-40)52-36(58)60-18-23-7-5-4-6-8-23)30(19-61-37(59)54-39(13-14-39)41(46,47)48)24-10-12-27(42)29(16-24)56-33(32(44)45)50-21-51-56/h4-12,15-17,21-22,30,32H,13-14,18-20H2,1-3H3,(H,54,59)(H,52,53,58)/t30?,40-/m1/s1. The van der Waals surface area contributed by atoms with E-state index >= 15 is 9.18 Å². The number of nitrogens with one attached hydrogen (secondary N) is 2. The molecule has 3 aromatic carbocycles. The number of guanidine groups is 1. The summed E-state index contributed by atoms with van der Waals surface area (Å²) >= 11 is 7.75. The lowest BCUT2D eigenvalue weighted by Crippen LogP contribution is -2.51. The number of thiazole rings is 1. The molecule has 1 aliphatic heterocycles. The minimum Gasteiger partial charge on any atom is -0.447 e. The SMILES string of the molecule is CC(C)(C)C[C@]1(c2ccc(-c3cncs3)cc2F)N=C(NC(=O)OCc2ccccc2)N(C(COC(=O)NC2(C(F)(F)F)CC2)c2ccc(Cl)c(-n3ncnc3C(F)F)c2)C1=O. The molecule has 21 heteroatoms. The van der Waals surface area contributed by atoms with Gasteiger partial charge in [-0.05, 0) is 59.6 Å². The average Bonchev–Trinajstić information content (AvgIpc) is 3.51. The highest BCUT2D eigenvalue weighted by molar-refractivity contribution is 7.13. The zero-order valence-electron chi connectivity index (χ0n) is 33.1. The van der Waals surface area contributed by atoms with Crippen LogP contribution < -0.4 is 10.6 Å². The number of ether oxygens (including phenoxy) is 2. The van der Waals surface area contributed by atoms with E-state index in [0.29, 0.717) is 16.0 Å². The zero-order valence-corrected chi connectivity index (χ0v) is 34.6. The van der Waals surface area contributed by atoms with Crippen LogP contribution in [-0.4, -0.2) is 67.0 Å². The van der Waals surface area contributed by atoms with Crippen molar-refractivity contribution in [3.05, 3.63) is 118 Å². The second-order valence-electron chi connectivity index (χ2n) is 15.8. The summed E-state index contributed by atoms with van der Waals surface area (Å²) < 4.78 is 98.1. The molecule has 1 fully saturated rings. The number of hydrogen-bond acceptors (Lipinski definition) is 10. The first-order valence-electron chi connectivity index (χ1n) is 18.9. The van der Waals surface area contributed by atoms with Crippen molar-refractivity contribution in [1.82, 2.24) is 35.3 Å². The van der Waals surface area contributed by atoms with Gasteiger partial charge in [-0.2, -0.15) is 18.3 Å². The fraction of sp³-hybridized carbons (Fsp3) is 0.341. The van der Waals surface area contributed by atoms with Gasteiger partial charge in [0, 0.05) is 11.8 Å². The van der Waals surface area contributed by atoms with Crippen molar-refractivity contribution in [3.8, 4) is 16.1 Å². The van der Waals surface area contributed by atoms with Crippen molar-refractivity contribution in [2.75, 3.05) is 6.61 Å². The molecule has 0 saturated heterocycles. The minimum absolute atomic E-state index is 0.0158. The van der Waals surface area contributed by atoms with E-state index < -0.39 is 90.3 Å². The number of nitrogens with zero attached hydrogens (tertiary/aromatic N) is 6. The van der Waals surface area contributed by atoms with Gasteiger partial charge < -0.3 is 14.8 Å². The van der Waals surface area contributed by atoms with Crippen LogP contribution in [0, 0.1) is 11.2 Å². The fourth-order valence-electron chi connectivity index (χ4n) is 7.12. The molecule has 7 rings (SSSR count). The van der Waals surface area contributed by atoms with Gasteiger partial charge in [-0.1, -0.05) is 80.9 Å². The van der Waals surface area contributed by atoms with Crippen molar-refractivity contribution < 1.29 is 50.2 Å². The van der Waals surface area contributed by atoms with E-state index in [0.717, 1.165) is 15.9 Å². The molecule has 2 aromatic heterocycles. The molecule has 0 spiro atoms. The van der Waals surface area contributed by atoms with E-state index in [1.54, 1.807) is 62.7 Å². The Morgan fingerprint density at radius 2 is 1.74 bits per heavy atom. The van der Waals surface area contributed by atoms with Gasteiger partial charge in [-0.15, -0.1) is 11.3 Å². The first-order valence-corrected chi connectivity index (χ1v) is 20.2. The quantitative estimate of drug-likeness (QED) is 0.118. The molecule has 1 unspecified atom stereocenters. The maximum atomic E-state index is 16.7. The summed E-state index contributed by atoms with van der Waals surface area (Å²) in [6, 6.07) is 15.0. The lowest BCUT2D eigenvalue weighted by atomic mass is 9.75. The Kier molecular flexibility index (Phi) is 12.1. The number of amides is 3. The molecule has 62 heavy (non-hydrogen) atoms. The van der Waals surface area contributed by atoms with Crippen molar-refractivity contribution in [1.29, 1.82) is 0 Å². The first-order chi connectivity index (χ1) is 29.3. The monoisotopic (exact) mass is 902 g/mol. The predicted octanol–water partition coefficient (Wildman–Crippen LogP) is 9.44. The molecule has 0 radical (unpaired) electrons. The van der Waals surface area contributed by atoms with Crippen LogP contribution in [0.4, 0.5) is 35.9 Å². The molecule has 3 heterocycles. The number of carbonyl (C=O) groups excluding carboxylic acids is 3. The summed E-state index contributed by atoms with van der Waals surface area (Å²) in [5.41, 5.74) is -3.24. The van der Waals surface area contributed by atoms with Gasteiger partial charge >= 0.3 is 18.4 Å². The molecule has 0 bridgehead atoms. The normalized spacial score (nSPS) is 17.8. The first kappa shape index (κ1) is 44.0. The van der Waals surface area contributed by atoms with Gasteiger partial charge in [0.2, 0.25) is 5.96 Å². The van der Waals surface area contributed by atoms with Crippen molar-refractivity contribution in [2.45, 2.75) is 76.4 Å². The highest BCUT2D eigenvalue weighted by atomic mass is 35.5. The fourth-order valence-corrected chi connectivity index (χ4v) is 7.93. The highest BCUT2D eigenvalue weighted by Crippen LogP contribution is 2.50. The second kappa shape index (κ2) is 17.0. The summed E-state index contributed by atoms with van der Waals surface area (Å²) in [6.45, 7) is 4.18. The Labute approximate surface area is 359 Å². The molecule has 2 N–H and O–H groups in total. The van der Waals surface area contributed by atoms with E-state index in [2.05, 4.69) is 20.4 Å². The van der Waals surface area contributed by atoms with E-state index in [1.807, 2.05) is 5.32 Å². The summed E-state index contributed by atoms with van der Waals surface area (Å²) in [6.07, 6.45) is -9.13. The van der Waals surface area contributed by atoms with Crippen LogP contribution >= 0.6 is 22.9 Å². The van der Waals surface area contributed by atoms with Crippen LogP contribution in [0.5, 0.6) is 0 Å². The Bertz CT molecular complexity index is 2490. The predicted molar refractivity (Wildman–Crippen MR) is 214 cm³/mol. The summed E-state index contributed by atoms with van der Waals surface area (Å²) in [5, 5.41) is 8.11. The van der Waals surface area contributed by atoms with Gasteiger partial charge in [0.1, 0.15) is 30.9 Å². The third-order valence-electron chi connectivity index (χ3n) is 10.1. The number of carbonyl (C=O) groups is 3. The highest BCUT2D eigenvalue weighted by Gasteiger charge is 2.65. The maximum absolute atomic E-state index is 16.7. The van der Waals surface area contributed by atoms with Crippen LogP contribution in [0.1, 0.15) is 75.0 Å². The minimum atomic E-state index is -4.81. The molecule has 5 aromatic rings. The van der Waals surface area contributed by atoms with E-state index in [-0.39, 0.29) is 34.9 Å². The molecule has 1 aliphatic carbocycles. The zero-order chi connectivity index (χ0) is 44.6. The van der Waals surface area contributed by atoms with Gasteiger partial charge in [-0.3, -0.25) is 20.0 Å². The van der Waals surface area contributed by atoms with Crippen LogP contribution in [0.3, 0.4) is 0 Å². The number of aromatic nitrogens is 4. The molecule has 2 aliphatic rings. The second-order valence-corrected chi connectivity index (χ2v) is 17.1. The van der Waals surface area contributed by atoms with E-state index in [1.165, 1.54) is 47.9 Å². The van der Waals surface area contributed by atoms with Crippen LogP contribution in [0.25, 0.3) is 16.1 Å². The van der Waals surface area contributed by atoms with Crippen molar-refractivity contribution >= 4 is 47.0 Å². The van der Waals surface area contributed by atoms with Crippen LogP contribution in [0.15, 0.2) is 89.8 Å². The average molecular weight is 903 g/mol. The lowest BCUT2D eigenvalue weighted by molar-refractivity contribution is -0.164. The molecule has 13 nitrogen and oxygen atoms in total. The van der Waals surface area contributed by atoms with Crippen molar-refractivity contribution in [3.63, 3.8) is 0 Å². The number of rotatable bonds is 12. The number of halogens is 7. The molecule has 1 saturated carbocycles. The number of benzene rings is 3. The van der Waals surface area contributed by atoms with Crippen LogP contribution in [-0.2, 0) is 26.4 Å². The smallest absolute Gasteiger partial charge is 0.414 e. The summed E-state index contributed by atoms with van der Waals surface area (Å²) in [5.74, 6) is -3.12. The molecule has 3 amide bonds. The Balaban J connectivity index is 1.36. The Morgan fingerprint density at radius 3 is 2.37 bits per heavy atom. The van der Waals surface area contributed by atoms with Gasteiger partial charge in [-0.25, -0.2) is 37.4 Å². The van der Waals surface area contributed by atoms with E-state index in [9.17, 15) is 31.5 Å². The Hall–Kier alpha value is -6.02. The molecular formula is C41H37ClF6N8O5S. The third-order valence-corrected chi connectivity index (χ3v) is 11.3. The Morgan fingerprint density at radius 1 is 1.00 bits per heavy atom. The van der Waals surface area contributed by atoms with Gasteiger partial charge in [0.25, 0.3) is 12.3 Å². The molecular weight excluding hydrogens is 866 g/mol. The van der Waals surface area contributed by atoms with Gasteiger partial charge in [0.15, 0.2) is 11.4 Å². The lowest BCUT2D eigenvalue weighted by Gasteiger charge is -2.35. The number of alkyl carbamates (subject to hydrolysis) is 2. The largest absolute Gasteiger partial charge is 0.447 e. The topological polar surface area (TPSA) is 153 Å². The summed E-state index contributed by atoms with van der Waals surface area (Å²) in [7, 11) is 0. The summed E-state index contributed by atoms with van der Waals surface area (Å²) in [4.78, 5) is 56.2. The number of hydrogen-bond donors (Lipinski definition) is 2. The van der Waals surface area contributed by atoms with E-state index in [4.69, 9.17) is 26.1 Å².